The molecule has 1 heterocycles. The zero-order valence-corrected chi connectivity index (χ0v) is 8.50. The van der Waals surface area contributed by atoms with Gasteiger partial charge in [0.05, 0.1) is 5.92 Å². The lowest BCUT2D eigenvalue weighted by Gasteiger charge is -2.23. The molecule has 0 saturated carbocycles. The van der Waals surface area contributed by atoms with E-state index in [0.717, 1.165) is 4.90 Å². The molecule has 1 aliphatic rings. The summed E-state index contributed by atoms with van der Waals surface area (Å²) in [6, 6.07) is -1.14. The van der Waals surface area contributed by atoms with Gasteiger partial charge in [-0.2, -0.15) is 0 Å². The maximum absolute atomic E-state index is 11.4. The van der Waals surface area contributed by atoms with Crippen LogP contribution in [-0.4, -0.2) is 57.3 Å². The van der Waals surface area contributed by atoms with Crippen molar-refractivity contribution < 1.29 is 29.7 Å². The van der Waals surface area contributed by atoms with Crippen molar-refractivity contribution in [2.75, 3.05) is 13.2 Å². The summed E-state index contributed by atoms with van der Waals surface area (Å²) in [5.41, 5.74) is 0. The quantitative estimate of drug-likeness (QED) is 0.544. The van der Waals surface area contributed by atoms with E-state index in [1.165, 1.54) is 0 Å². The van der Waals surface area contributed by atoms with Crippen LogP contribution >= 0.6 is 0 Å². The first-order valence-electron chi connectivity index (χ1n) is 4.83. The van der Waals surface area contributed by atoms with Gasteiger partial charge in [0, 0.05) is 26.0 Å². The van der Waals surface area contributed by atoms with Crippen LogP contribution in [0.2, 0.25) is 0 Å². The summed E-state index contributed by atoms with van der Waals surface area (Å²) in [7, 11) is 0. The number of carbonyl (C=O) groups is 3. The number of aliphatic hydroxyl groups excluding tert-OH is 1. The zero-order chi connectivity index (χ0) is 12.3. The summed E-state index contributed by atoms with van der Waals surface area (Å²) in [6.07, 6.45) is -0.266. The number of amides is 1. The second-order valence-corrected chi connectivity index (χ2v) is 3.65. The van der Waals surface area contributed by atoms with Crippen LogP contribution < -0.4 is 0 Å². The van der Waals surface area contributed by atoms with E-state index < -0.39 is 29.8 Å². The molecule has 16 heavy (non-hydrogen) atoms. The van der Waals surface area contributed by atoms with E-state index in [1.54, 1.807) is 0 Å². The fourth-order valence-electron chi connectivity index (χ4n) is 1.73. The highest BCUT2D eigenvalue weighted by Crippen LogP contribution is 2.21. The van der Waals surface area contributed by atoms with E-state index >= 15 is 0 Å². The molecule has 0 spiro atoms. The Labute approximate surface area is 91.3 Å². The van der Waals surface area contributed by atoms with Crippen LogP contribution in [0.25, 0.3) is 0 Å². The smallest absolute Gasteiger partial charge is 0.326 e. The van der Waals surface area contributed by atoms with E-state index in [0.29, 0.717) is 0 Å². The average molecular weight is 231 g/mol. The fourth-order valence-corrected chi connectivity index (χ4v) is 1.73. The number of carbonyl (C=O) groups excluding carboxylic acids is 1. The number of aliphatic carboxylic acids is 2. The Morgan fingerprint density at radius 3 is 2.44 bits per heavy atom. The molecule has 0 aromatic heterocycles. The van der Waals surface area contributed by atoms with Gasteiger partial charge >= 0.3 is 11.9 Å². The molecule has 3 N–H and O–H groups in total. The number of hydrogen-bond donors (Lipinski definition) is 3. The summed E-state index contributed by atoms with van der Waals surface area (Å²) in [6.45, 7) is -0.469. The highest BCUT2D eigenvalue weighted by Gasteiger charge is 2.40. The Morgan fingerprint density at radius 1 is 1.44 bits per heavy atom. The molecule has 2 unspecified atom stereocenters. The van der Waals surface area contributed by atoms with Crippen LogP contribution in [-0.2, 0) is 14.4 Å². The van der Waals surface area contributed by atoms with Crippen LogP contribution in [0.5, 0.6) is 0 Å². The predicted octanol–water partition coefficient (Wildman–Crippen LogP) is -1.24. The largest absolute Gasteiger partial charge is 0.481 e. The molecule has 1 amide bonds. The van der Waals surface area contributed by atoms with Crippen LogP contribution in [0.1, 0.15) is 12.8 Å². The lowest BCUT2D eigenvalue weighted by Crippen LogP contribution is -2.43. The highest BCUT2D eigenvalue weighted by atomic mass is 16.4. The third kappa shape index (κ3) is 2.48. The van der Waals surface area contributed by atoms with E-state index in [2.05, 4.69) is 0 Å². The van der Waals surface area contributed by atoms with Gasteiger partial charge in [-0.15, -0.1) is 0 Å². The summed E-state index contributed by atoms with van der Waals surface area (Å²) in [5.74, 6) is -3.68. The number of aliphatic hydroxyl groups is 1. The number of nitrogens with zero attached hydrogens (tertiary/aromatic N) is 1. The third-order valence-corrected chi connectivity index (χ3v) is 2.57. The molecule has 0 aliphatic carbocycles. The van der Waals surface area contributed by atoms with E-state index in [9.17, 15) is 14.4 Å². The normalized spacial score (nSPS) is 22.2. The van der Waals surface area contributed by atoms with Crippen molar-refractivity contribution in [1.29, 1.82) is 0 Å². The Bertz CT molecular complexity index is 315. The standard InChI is InChI=1S/C9H13NO6/c11-2-1-6(9(15)16)10-4-5(8(13)14)3-7(10)12/h5-6,11H,1-4H2,(H,13,14)(H,15,16). The summed E-state index contributed by atoms with van der Waals surface area (Å²) >= 11 is 0. The summed E-state index contributed by atoms with van der Waals surface area (Å²) < 4.78 is 0. The Balaban J connectivity index is 2.75. The Morgan fingerprint density at radius 2 is 2.06 bits per heavy atom. The van der Waals surface area contributed by atoms with E-state index in [-0.39, 0.29) is 26.0 Å². The first kappa shape index (κ1) is 12.4. The maximum atomic E-state index is 11.4. The zero-order valence-electron chi connectivity index (χ0n) is 8.50. The monoisotopic (exact) mass is 231 g/mol. The summed E-state index contributed by atoms with van der Waals surface area (Å²) in [4.78, 5) is 34.0. The molecule has 1 fully saturated rings. The van der Waals surface area contributed by atoms with Crippen LogP contribution in [0.4, 0.5) is 0 Å². The number of rotatable bonds is 5. The minimum absolute atomic E-state index is 0.0899. The van der Waals surface area contributed by atoms with Crippen molar-refractivity contribution in [1.82, 2.24) is 4.90 Å². The minimum atomic E-state index is -1.23. The molecule has 1 rings (SSSR count). The van der Waals surface area contributed by atoms with E-state index in [4.69, 9.17) is 15.3 Å². The van der Waals surface area contributed by atoms with Gasteiger partial charge in [-0.25, -0.2) is 4.79 Å². The number of likely N-dealkylation sites (tertiary alicyclic amines) is 1. The van der Waals surface area contributed by atoms with Gasteiger partial charge in [0.2, 0.25) is 5.91 Å². The molecule has 0 aromatic carbocycles. The highest BCUT2D eigenvalue weighted by molar-refractivity contribution is 5.89. The van der Waals surface area contributed by atoms with Crippen LogP contribution in [0, 0.1) is 5.92 Å². The second-order valence-electron chi connectivity index (χ2n) is 3.65. The second kappa shape index (κ2) is 4.93. The molecule has 90 valence electrons. The lowest BCUT2D eigenvalue weighted by atomic mass is 10.1. The Hall–Kier alpha value is -1.63. The molecule has 7 nitrogen and oxygen atoms in total. The van der Waals surface area contributed by atoms with Gasteiger partial charge in [0.15, 0.2) is 0 Å². The first-order valence-corrected chi connectivity index (χ1v) is 4.83. The van der Waals surface area contributed by atoms with Crippen molar-refractivity contribution in [3.63, 3.8) is 0 Å². The fraction of sp³-hybridized carbons (Fsp3) is 0.667. The predicted molar refractivity (Wildman–Crippen MR) is 50.6 cm³/mol. The van der Waals surface area contributed by atoms with Gasteiger partial charge in [0.25, 0.3) is 0 Å². The van der Waals surface area contributed by atoms with Crippen LogP contribution in [0.15, 0.2) is 0 Å². The number of carboxylic acids is 2. The average Bonchev–Trinajstić information content (AvgIpc) is 2.56. The van der Waals surface area contributed by atoms with Gasteiger partial charge in [-0.3, -0.25) is 9.59 Å². The SMILES string of the molecule is O=C(O)C1CC(=O)N(C(CCO)C(=O)O)C1. The van der Waals surface area contributed by atoms with Crippen molar-refractivity contribution in [3.05, 3.63) is 0 Å². The number of carboxylic acid groups (broad SMARTS) is 2. The summed E-state index contributed by atoms with van der Waals surface area (Å²) in [5, 5.41) is 26.3. The first-order chi connectivity index (χ1) is 7.47. The van der Waals surface area contributed by atoms with Gasteiger partial charge in [-0.1, -0.05) is 0 Å². The third-order valence-electron chi connectivity index (χ3n) is 2.57. The van der Waals surface area contributed by atoms with Gasteiger partial charge in [-0.05, 0) is 0 Å². The molecule has 0 bridgehead atoms. The molecule has 0 radical (unpaired) electrons. The van der Waals surface area contributed by atoms with Crippen LogP contribution in [0.3, 0.4) is 0 Å². The molecule has 0 aromatic rings. The van der Waals surface area contributed by atoms with Gasteiger partial charge < -0.3 is 20.2 Å². The molecule has 1 saturated heterocycles. The van der Waals surface area contributed by atoms with Crippen molar-refractivity contribution in [2.45, 2.75) is 18.9 Å². The molecule has 2 atom stereocenters. The lowest BCUT2D eigenvalue weighted by molar-refractivity contribution is -0.149. The topological polar surface area (TPSA) is 115 Å². The van der Waals surface area contributed by atoms with Crippen molar-refractivity contribution in [3.8, 4) is 0 Å². The minimum Gasteiger partial charge on any atom is -0.481 e. The van der Waals surface area contributed by atoms with Crippen molar-refractivity contribution in [2.24, 2.45) is 5.92 Å². The number of hydrogen-bond acceptors (Lipinski definition) is 4. The molecular formula is C9H13NO6. The molecular weight excluding hydrogens is 218 g/mol. The van der Waals surface area contributed by atoms with Gasteiger partial charge in [0.1, 0.15) is 6.04 Å². The molecule has 1 aliphatic heterocycles. The van der Waals surface area contributed by atoms with Crippen molar-refractivity contribution >= 4 is 17.8 Å². The van der Waals surface area contributed by atoms with E-state index in [1.807, 2.05) is 0 Å². The maximum Gasteiger partial charge on any atom is 0.326 e. The Kier molecular flexibility index (Phi) is 3.83. The molecule has 7 heteroatoms.